The van der Waals surface area contributed by atoms with Gasteiger partial charge in [0.1, 0.15) is 5.76 Å². The monoisotopic (exact) mass is 249 g/mol. The Kier molecular flexibility index (Phi) is 4.15. The van der Waals surface area contributed by atoms with Crippen LogP contribution in [0.25, 0.3) is 0 Å². The van der Waals surface area contributed by atoms with Crippen molar-refractivity contribution < 1.29 is 9.32 Å². The van der Waals surface area contributed by atoms with E-state index in [1.54, 1.807) is 13.0 Å². The van der Waals surface area contributed by atoms with Crippen molar-refractivity contribution in [3.8, 4) is 0 Å². The third kappa shape index (κ3) is 2.98. The van der Waals surface area contributed by atoms with Gasteiger partial charge in [0.05, 0.1) is 0 Å². The maximum Gasteiger partial charge on any atom is 0.276 e. The summed E-state index contributed by atoms with van der Waals surface area (Å²) in [6.45, 7) is 9.82. The number of aromatic nitrogens is 1. The number of amides is 1. The number of hydrogen-bond donors (Lipinski definition) is 0. The summed E-state index contributed by atoms with van der Waals surface area (Å²) < 4.78 is 4.95. The normalized spacial score (nSPS) is 17.5. The van der Waals surface area contributed by atoms with Crippen molar-refractivity contribution in [3.05, 3.63) is 30.2 Å². The summed E-state index contributed by atoms with van der Waals surface area (Å²) in [4.78, 5) is 16.3. The van der Waals surface area contributed by atoms with Gasteiger partial charge in [0.15, 0.2) is 5.69 Å². The van der Waals surface area contributed by atoms with Gasteiger partial charge in [-0.2, -0.15) is 0 Å². The quantitative estimate of drug-likeness (QED) is 0.758. The summed E-state index contributed by atoms with van der Waals surface area (Å²) in [5, 5.41) is 3.78. The molecule has 5 heteroatoms. The zero-order valence-corrected chi connectivity index (χ0v) is 10.8. The van der Waals surface area contributed by atoms with Crippen LogP contribution in [0.2, 0.25) is 0 Å². The number of carbonyl (C=O) groups is 1. The third-order valence-corrected chi connectivity index (χ3v) is 3.11. The molecule has 0 saturated carbocycles. The number of nitrogens with zero attached hydrogens (tertiary/aromatic N) is 3. The van der Waals surface area contributed by atoms with Gasteiger partial charge in [0, 0.05) is 38.8 Å². The molecule has 1 aliphatic heterocycles. The molecule has 0 aliphatic carbocycles. The van der Waals surface area contributed by atoms with Gasteiger partial charge in [-0.15, -0.1) is 6.58 Å². The van der Waals surface area contributed by atoms with Crippen LogP contribution in [0.15, 0.2) is 23.2 Å². The maximum absolute atomic E-state index is 12.2. The minimum atomic E-state index is -0.0349. The zero-order chi connectivity index (χ0) is 13.0. The first kappa shape index (κ1) is 12.8. The Labute approximate surface area is 107 Å². The standard InChI is InChI=1S/C13H19N3O2/c1-3-5-15-6-4-7-16(9-8-15)13(17)12-10-11(2)18-14-12/h3,10H,1,4-9H2,2H3. The van der Waals surface area contributed by atoms with Crippen LogP contribution >= 0.6 is 0 Å². The Morgan fingerprint density at radius 1 is 1.50 bits per heavy atom. The molecule has 0 atom stereocenters. The molecule has 2 rings (SSSR count). The molecule has 18 heavy (non-hydrogen) atoms. The van der Waals surface area contributed by atoms with E-state index in [2.05, 4.69) is 16.6 Å². The summed E-state index contributed by atoms with van der Waals surface area (Å²) in [7, 11) is 0. The van der Waals surface area contributed by atoms with Gasteiger partial charge in [-0.3, -0.25) is 9.69 Å². The van der Waals surface area contributed by atoms with E-state index in [9.17, 15) is 4.79 Å². The molecule has 1 amide bonds. The predicted molar refractivity (Wildman–Crippen MR) is 68.4 cm³/mol. The van der Waals surface area contributed by atoms with Crippen molar-refractivity contribution in [1.82, 2.24) is 15.0 Å². The highest BCUT2D eigenvalue weighted by molar-refractivity contribution is 5.92. The van der Waals surface area contributed by atoms with Crippen molar-refractivity contribution >= 4 is 5.91 Å². The van der Waals surface area contributed by atoms with Crippen LogP contribution in [0.1, 0.15) is 22.7 Å². The van der Waals surface area contributed by atoms with Crippen LogP contribution in [0.5, 0.6) is 0 Å². The van der Waals surface area contributed by atoms with Crippen LogP contribution in [0.4, 0.5) is 0 Å². The SMILES string of the molecule is C=CCN1CCCN(C(=O)c2cc(C)on2)CC1. The van der Waals surface area contributed by atoms with Gasteiger partial charge >= 0.3 is 0 Å². The number of aryl methyl sites for hydroxylation is 1. The molecular formula is C13H19N3O2. The summed E-state index contributed by atoms with van der Waals surface area (Å²) >= 11 is 0. The van der Waals surface area contributed by atoms with Crippen molar-refractivity contribution in [2.45, 2.75) is 13.3 Å². The Hall–Kier alpha value is -1.62. The molecule has 1 saturated heterocycles. The molecule has 1 aromatic heterocycles. The van der Waals surface area contributed by atoms with Gasteiger partial charge < -0.3 is 9.42 Å². The van der Waals surface area contributed by atoms with Gasteiger partial charge in [0.2, 0.25) is 0 Å². The second-order valence-electron chi connectivity index (χ2n) is 4.56. The molecule has 0 spiro atoms. The fourth-order valence-electron chi connectivity index (χ4n) is 2.17. The lowest BCUT2D eigenvalue weighted by Crippen LogP contribution is -2.35. The molecule has 1 aromatic rings. The molecule has 1 fully saturated rings. The number of carbonyl (C=O) groups excluding carboxylic acids is 1. The first-order valence-electron chi connectivity index (χ1n) is 6.26. The van der Waals surface area contributed by atoms with Gasteiger partial charge in [0.25, 0.3) is 5.91 Å². The lowest BCUT2D eigenvalue weighted by atomic mass is 10.3. The van der Waals surface area contributed by atoms with Crippen LogP contribution in [-0.4, -0.2) is 53.6 Å². The topological polar surface area (TPSA) is 49.6 Å². The van der Waals surface area contributed by atoms with E-state index in [1.165, 1.54) is 0 Å². The Morgan fingerprint density at radius 3 is 3.00 bits per heavy atom. The molecule has 1 aliphatic rings. The van der Waals surface area contributed by atoms with Crippen molar-refractivity contribution in [1.29, 1.82) is 0 Å². The van der Waals surface area contributed by atoms with E-state index >= 15 is 0 Å². The van der Waals surface area contributed by atoms with E-state index in [0.29, 0.717) is 11.5 Å². The smallest absolute Gasteiger partial charge is 0.276 e. The highest BCUT2D eigenvalue weighted by Crippen LogP contribution is 2.09. The average Bonchev–Trinajstić information content (AvgIpc) is 2.65. The lowest BCUT2D eigenvalue weighted by molar-refractivity contribution is 0.0751. The van der Waals surface area contributed by atoms with Crippen LogP contribution in [-0.2, 0) is 0 Å². The van der Waals surface area contributed by atoms with E-state index in [0.717, 1.165) is 39.1 Å². The van der Waals surface area contributed by atoms with Crippen LogP contribution in [0.3, 0.4) is 0 Å². The average molecular weight is 249 g/mol. The number of rotatable bonds is 3. The molecule has 0 aromatic carbocycles. The first-order chi connectivity index (χ1) is 8.70. The molecule has 5 nitrogen and oxygen atoms in total. The second kappa shape index (κ2) is 5.82. The largest absolute Gasteiger partial charge is 0.361 e. The third-order valence-electron chi connectivity index (χ3n) is 3.11. The highest BCUT2D eigenvalue weighted by Gasteiger charge is 2.22. The Morgan fingerprint density at radius 2 is 2.33 bits per heavy atom. The van der Waals surface area contributed by atoms with Gasteiger partial charge in [-0.1, -0.05) is 11.2 Å². The van der Waals surface area contributed by atoms with E-state index in [-0.39, 0.29) is 5.91 Å². The number of hydrogen-bond acceptors (Lipinski definition) is 4. The fraction of sp³-hybridized carbons (Fsp3) is 0.538. The molecule has 2 heterocycles. The van der Waals surface area contributed by atoms with Crippen LogP contribution in [0, 0.1) is 6.92 Å². The predicted octanol–water partition coefficient (Wildman–Crippen LogP) is 1.32. The molecule has 0 radical (unpaired) electrons. The molecule has 0 bridgehead atoms. The molecule has 98 valence electrons. The van der Waals surface area contributed by atoms with Crippen LogP contribution < -0.4 is 0 Å². The fourth-order valence-corrected chi connectivity index (χ4v) is 2.17. The van der Waals surface area contributed by atoms with Crippen molar-refractivity contribution in [3.63, 3.8) is 0 Å². The molecule has 0 N–H and O–H groups in total. The van der Waals surface area contributed by atoms with E-state index in [1.807, 2.05) is 11.0 Å². The molecular weight excluding hydrogens is 230 g/mol. The summed E-state index contributed by atoms with van der Waals surface area (Å²) in [5.74, 6) is 0.633. The second-order valence-corrected chi connectivity index (χ2v) is 4.56. The zero-order valence-electron chi connectivity index (χ0n) is 10.8. The van der Waals surface area contributed by atoms with Gasteiger partial charge in [-0.05, 0) is 13.3 Å². The first-order valence-corrected chi connectivity index (χ1v) is 6.26. The Bertz CT molecular complexity index is 428. The molecule has 0 unspecified atom stereocenters. The van der Waals surface area contributed by atoms with Gasteiger partial charge in [-0.25, -0.2) is 0 Å². The summed E-state index contributed by atoms with van der Waals surface area (Å²) in [5.41, 5.74) is 0.407. The maximum atomic E-state index is 12.2. The lowest BCUT2D eigenvalue weighted by Gasteiger charge is -2.20. The van der Waals surface area contributed by atoms with Crippen molar-refractivity contribution in [2.75, 3.05) is 32.7 Å². The minimum Gasteiger partial charge on any atom is -0.361 e. The highest BCUT2D eigenvalue weighted by atomic mass is 16.5. The van der Waals surface area contributed by atoms with E-state index < -0.39 is 0 Å². The van der Waals surface area contributed by atoms with E-state index in [4.69, 9.17) is 4.52 Å². The minimum absolute atomic E-state index is 0.0349. The Balaban J connectivity index is 1.97. The van der Waals surface area contributed by atoms with Crippen molar-refractivity contribution in [2.24, 2.45) is 0 Å². The summed E-state index contributed by atoms with van der Waals surface area (Å²) in [6.07, 6.45) is 2.88. The summed E-state index contributed by atoms with van der Waals surface area (Å²) in [6, 6.07) is 1.69.